The topological polar surface area (TPSA) is 75.3 Å². The first-order valence-electron chi connectivity index (χ1n) is 7.54. The third-order valence-corrected chi connectivity index (χ3v) is 3.71. The highest BCUT2D eigenvalue weighted by Crippen LogP contribution is 2.09. The number of nitrogens with one attached hydrogen (secondary N) is 2. The monoisotopic (exact) mass is 321 g/mol. The van der Waals surface area contributed by atoms with Crippen LogP contribution in [0.4, 0.5) is 0 Å². The summed E-state index contributed by atoms with van der Waals surface area (Å²) in [5.74, 6) is 2.50. The Balaban J connectivity index is 1.81. The zero-order valence-corrected chi connectivity index (χ0v) is 14.1. The van der Waals surface area contributed by atoms with Crippen molar-refractivity contribution in [3.05, 3.63) is 34.1 Å². The van der Waals surface area contributed by atoms with Crippen LogP contribution in [0.2, 0.25) is 0 Å². The number of aliphatic imine (C=N–C) groups is 1. The molecule has 0 atom stereocenters. The van der Waals surface area contributed by atoms with Gasteiger partial charge in [0, 0.05) is 25.4 Å². The van der Waals surface area contributed by atoms with Gasteiger partial charge in [-0.3, -0.25) is 0 Å². The first-order chi connectivity index (χ1) is 10.7. The molecule has 0 saturated heterocycles. The highest BCUT2D eigenvalue weighted by Gasteiger charge is 2.09. The van der Waals surface area contributed by atoms with Crippen molar-refractivity contribution in [3.8, 4) is 0 Å². The van der Waals surface area contributed by atoms with Gasteiger partial charge in [-0.05, 0) is 29.3 Å². The van der Waals surface area contributed by atoms with Crippen LogP contribution in [-0.2, 0) is 13.0 Å². The molecule has 0 aliphatic heterocycles. The van der Waals surface area contributed by atoms with Crippen LogP contribution < -0.4 is 10.6 Å². The molecule has 0 bridgehead atoms. The van der Waals surface area contributed by atoms with Crippen LogP contribution in [-0.4, -0.2) is 29.2 Å². The van der Waals surface area contributed by atoms with E-state index in [4.69, 9.17) is 4.52 Å². The lowest BCUT2D eigenvalue weighted by atomic mass is 10.2. The van der Waals surface area contributed by atoms with Crippen molar-refractivity contribution >= 4 is 17.3 Å². The molecule has 2 N–H and O–H groups in total. The van der Waals surface area contributed by atoms with Crippen molar-refractivity contribution in [2.45, 2.75) is 39.7 Å². The summed E-state index contributed by atoms with van der Waals surface area (Å²) in [6, 6.07) is 2.09. The Bertz CT molecular complexity index is 577. The highest BCUT2D eigenvalue weighted by atomic mass is 32.1. The van der Waals surface area contributed by atoms with Crippen molar-refractivity contribution in [2.24, 2.45) is 4.99 Å². The summed E-state index contributed by atoms with van der Waals surface area (Å²) in [7, 11) is 0. The molecule has 0 saturated carbocycles. The summed E-state index contributed by atoms with van der Waals surface area (Å²) >= 11 is 1.69. The summed E-state index contributed by atoms with van der Waals surface area (Å²) in [6.07, 6.45) is 0.683. The maximum absolute atomic E-state index is 5.23. The quantitative estimate of drug-likeness (QED) is 0.605. The Kier molecular flexibility index (Phi) is 6.39. The van der Waals surface area contributed by atoms with Crippen molar-refractivity contribution < 1.29 is 4.52 Å². The van der Waals surface area contributed by atoms with Gasteiger partial charge < -0.3 is 15.2 Å². The number of thiophene rings is 1. The summed E-state index contributed by atoms with van der Waals surface area (Å²) in [6.45, 7) is 8.36. The van der Waals surface area contributed by atoms with Crippen LogP contribution in [0.3, 0.4) is 0 Å². The molecule has 0 aliphatic carbocycles. The average Bonchev–Trinajstić information content (AvgIpc) is 3.16. The fraction of sp³-hybridized carbons (Fsp3) is 0.533. The van der Waals surface area contributed by atoms with Crippen molar-refractivity contribution in [1.82, 2.24) is 20.8 Å². The Labute approximate surface area is 135 Å². The SMILES string of the molecule is CCNC(=NCc1ccsc1)NCCc1nc(C(C)C)no1. The third-order valence-electron chi connectivity index (χ3n) is 2.98. The van der Waals surface area contributed by atoms with Crippen LogP contribution >= 0.6 is 11.3 Å². The number of hydrogen-bond acceptors (Lipinski definition) is 5. The average molecular weight is 321 g/mol. The third kappa shape index (κ3) is 5.14. The predicted molar refractivity (Wildman–Crippen MR) is 89.2 cm³/mol. The molecular formula is C15H23N5OS. The molecule has 0 aliphatic rings. The standard InChI is InChI=1S/C15H23N5OS/c1-4-16-15(18-9-12-6-8-22-10-12)17-7-5-13-19-14(11(2)3)20-21-13/h6,8,10-11H,4-5,7,9H2,1-3H3,(H2,16,17,18). The molecule has 120 valence electrons. The van der Waals surface area contributed by atoms with E-state index in [1.807, 2.05) is 13.8 Å². The minimum absolute atomic E-state index is 0.287. The van der Waals surface area contributed by atoms with Gasteiger partial charge in [0.25, 0.3) is 0 Å². The van der Waals surface area contributed by atoms with Gasteiger partial charge in [0.05, 0.1) is 6.54 Å². The van der Waals surface area contributed by atoms with Crippen molar-refractivity contribution in [1.29, 1.82) is 0 Å². The molecule has 2 aromatic rings. The molecule has 7 heteroatoms. The first-order valence-corrected chi connectivity index (χ1v) is 8.49. The molecule has 0 spiro atoms. The first kappa shape index (κ1) is 16.5. The Hall–Kier alpha value is -1.89. The minimum Gasteiger partial charge on any atom is -0.357 e. The summed E-state index contributed by atoms with van der Waals surface area (Å²) < 4.78 is 5.23. The van der Waals surface area contributed by atoms with E-state index in [0.29, 0.717) is 25.4 Å². The number of hydrogen-bond donors (Lipinski definition) is 2. The minimum atomic E-state index is 0.287. The molecular weight excluding hydrogens is 298 g/mol. The second-order valence-electron chi connectivity index (χ2n) is 5.20. The Morgan fingerprint density at radius 2 is 2.27 bits per heavy atom. The summed E-state index contributed by atoms with van der Waals surface area (Å²) in [4.78, 5) is 8.92. The van der Waals surface area contributed by atoms with Crippen LogP contribution in [0.5, 0.6) is 0 Å². The van der Waals surface area contributed by atoms with E-state index in [-0.39, 0.29) is 5.92 Å². The van der Waals surface area contributed by atoms with Gasteiger partial charge in [-0.15, -0.1) is 0 Å². The van der Waals surface area contributed by atoms with Gasteiger partial charge in [0.2, 0.25) is 5.89 Å². The Morgan fingerprint density at radius 3 is 2.91 bits per heavy atom. The van der Waals surface area contributed by atoms with Gasteiger partial charge in [0.15, 0.2) is 11.8 Å². The molecule has 0 aromatic carbocycles. The van der Waals surface area contributed by atoms with E-state index < -0.39 is 0 Å². The predicted octanol–water partition coefficient (Wildman–Crippen LogP) is 2.55. The van der Waals surface area contributed by atoms with Crippen LogP contribution in [0, 0.1) is 0 Å². The molecule has 0 fully saturated rings. The number of guanidine groups is 1. The normalized spacial score (nSPS) is 11.9. The molecule has 0 unspecified atom stereocenters. The van der Waals surface area contributed by atoms with Gasteiger partial charge in [-0.1, -0.05) is 19.0 Å². The van der Waals surface area contributed by atoms with E-state index in [2.05, 4.69) is 49.5 Å². The number of rotatable bonds is 7. The maximum atomic E-state index is 5.23. The van der Waals surface area contributed by atoms with Crippen LogP contribution in [0.25, 0.3) is 0 Å². The van der Waals surface area contributed by atoms with E-state index in [1.54, 1.807) is 11.3 Å². The molecule has 22 heavy (non-hydrogen) atoms. The highest BCUT2D eigenvalue weighted by molar-refractivity contribution is 7.07. The summed E-state index contributed by atoms with van der Waals surface area (Å²) in [5, 5.41) is 14.6. The van der Waals surface area contributed by atoms with Crippen LogP contribution in [0.15, 0.2) is 26.3 Å². The van der Waals surface area contributed by atoms with Gasteiger partial charge in [-0.25, -0.2) is 4.99 Å². The van der Waals surface area contributed by atoms with Gasteiger partial charge >= 0.3 is 0 Å². The lowest BCUT2D eigenvalue weighted by molar-refractivity contribution is 0.371. The second-order valence-corrected chi connectivity index (χ2v) is 5.98. The summed E-state index contributed by atoms with van der Waals surface area (Å²) in [5.41, 5.74) is 1.22. The fourth-order valence-corrected chi connectivity index (χ4v) is 2.45. The molecule has 6 nitrogen and oxygen atoms in total. The second kappa shape index (κ2) is 8.53. The molecule has 2 aromatic heterocycles. The number of aromatic nitrogens is 2. The zero-order chi connectivity index (χ0) is 15.8. The van der Waals surface area contributed by atoms with Crippen molar-refractivity contribution in [2.75, 3.05) is 13.1 Å². The molecule has 0 amide bonds. The smallest absolute Gasteiger partial charge is 0.228 e. The van der Waals surface area contributed by atoms with E-state index >= 15 is 0 Å². The van der Waals surface area contributed by atoms with E-state index in [0.717, 1.165) is 18.3 Å². The van der Waals surface area contributed by atoms with Gasteiger partial charge in [0.1, 0.15) is 0 Å². The maximum Gasteiger partial charge on any atom is 0.228 e. The largest absolute Gasteiger partial charge is 0.357 e. The molecule has 0 radical (unpaired) electrons. The Morgan fingerprint density at radius 1 is 1.41 bits per heavy atom. The molecule has 2 rings (SSSR count). The fourth-order valence-electron chi connectivity index (χ4n) is 1.79. The lowest BCUT2D eigenvalue weighted by Crippen LogP contribution is -2.38. The lowest BCUT2D eigenvalue weighted by Gasteiger charge is -2.09. The van der Waals surface area contributed by atoms with E-state index in [1.165, 1.54) is 5.56 Å². The van der Waals surface area contributed by atoms with Crippen molar-refractivity contribution in [3.63, 3.8) is 0 Å². The number of nitrogens with zero attached hydrogens (tertiary/aromatic N) is 3. The van der Waals surface area contributed by atoms with Crippen LogP contribution in [0.1, 0.15) is 44.0 Å². The zero-order valence-electron chi connectivity index (χ0n) is 13.3. The molecule has 2 heterocycles. The van der Waals surface area contributed by atoms with Gasteiger partial charge in [-0.2, -0.15) is 16.3 Å². The van der Waals surface area contributed by atoms with E-state index in [9.17, 15) is 0 Å².